The van der Waals surface area contributed by atoms with Crippen LogP contribution < -0.4 is 10.2 Å². The van der Waals surface area contributed by atoms with Gasteiger partial charge in [0.25, 0.3) is 0 Å². The van der Waals surface area contributed by atoms with Crippen LogP contribution in [0.1, 0.15) is 59.8 Å². The molecule has 188 valence electrons. The van der Waals surface area contributed by atoms with Gasteiger partial charge in [-0.2, -0.15) is 0 Å². The Morgan fingerprint density at radius 2 is 2.00 bits per heavy atom. The van der Waals surface area contributed by atoms with Crippen molar-refractivity contribution in [2.24, 2.45) is 0 Å². The van der Waals surface area contributed by atoms with E-state index in [2.05, 4.69) is 44.2 Å². The summed E-state index contributed by atoms with van der Waals surface area (Å²) >= 11 is 1.76. The monoisotopic (exact) mass is 505 g/mol. The van der Waals surface area contributed by atoms with E-state index in [1.165, 1.54) is 4.88 Å². The molecule has 1 fully saturated rings. The third kappa shape index (κ3) is 4.33. The van der Waals surface area contributed by atoms with Crippen molar-refractivity contribution in [2.75, 3.05) is 16.8 Å². The van der Waals surface area contributed by atoms with Crippen LogP contribution in [0.4, 0.5) is 11.8 Å². The summed E-state index contributed by atoms with van der Waals surface area (Å²) in [5.74, 6) is 1.75. The molecule has 2 aliphatic rings. The minimum absolute atomic E-state index is 0.00363. The third-order valence-electron chi connectivity index (χ3n) is 7.25. The van der Waals surface area contributed by atoms with Crippen molar-refractivity contribution in [3.05, 3.63) is 51.9 Å². The maximum absolute atomic E-state index is 10.1. The van der Waals surface area contributed by atoms with E-state index in [1.54, 1.807) is 11.3 Å². The van der Waals surface area contributed by atoms with E-state index in [-0.39, 0.29) is 18.8 Å². The van der Waals surface area contributed by atoms with E-state index >= 15 is 0 Å². The van der Waals surface area contributed by atoms with Crippen LogP contribution >= 0.6 is 11.3 Å². The Morgan fingerprint density at radius 1 is 1.17 bits per heavy atom. The predicted molar refractivity (Wildman–Crippen MR) is 140 cm³/mol. The number of fused-ring (bicyclic) bond motifs is 2. The van der Waals surface area contributed by atoms with Gasteiger partial charge in [-0.05, 0) is 63.3 Å². The lowest BCUT2D eigenvalue weighted by molar-refractivity contribution is 0.121. The molecular formula is C26H31N7O2S. The summed E-state index contributed by atoms with van der Waals surface area (Å²) in [4.78, 5) is 17.5. The molecule has 36 heavy (non-hydrogen) atoms. The lowest BCUT2D eigenvalue weighted by atomic mass is 9.85. The highest BCUT2D eigenvalue weighted by atomic mass is 32.1. The van der Waals surface area contributed by atoms with Crippen molar-refractivity contribution < 1.29 is 10.2 Å². The summed E-state index contributed by atoms with van der Waals surface area (Å²) in [7, 11) is 0. The number of aryl methyl sites for hydroxylation is 1. The lowest BCUT2D eigenvalue weighted by Crippen LogP contribution is -2.22. The molecule has 0 saturated heterocycles. The summed E-state index contributed by atoms with van der Waals surface area (Å²) in [6, 6.07) is 6.28. The largest absolute Gasteiger partial charge is 0.394 e. The molecule has 1 atom stereocenters. The van der Waals surface area contributed by atoms with E-state index in [9.17, 15) is 10.2 Å². The fourth-order valence-corrected chi connectivity index (χ4v) is 6.29. The van der Waals surface area contributed by atoms with E-state index < -0.39 is 0 Å². The fraction of sp³-hybridized carbons (Fsp3) is 0.462. The van der Waals surface area contributed by atoms with E-state index in [1.807, 2.05) is 29.9 Å². The number of thiazole rings is 1. The second-order valence-electron chi connectivity index (χ2n) is 9.96. The van der Waals surface area contributed by atoms with Gasteiger partial charge in [0.1, 0.15) is 5.82 Å². The normalized spacial score (nSPS) is 20.6. The average molecular weight is 506 g/mol. The number of anilines is 2. The number of aliphatic hydroxyl groups excluding tert-OH is 2. The van der Waals surface area contributed by atoms with E-state index in [4.69, 9.17) is 5.10 Å². The van der Waals surface area contributed by atoms with E-state index in [0.29, 0.717) is 11.9 Å². The molecule has 0 amide bonds. The molecule has 3 N–H and O–H groups in total. The van der Waals surface area contributed by atoms with Crippen LogP contribution in [0.5, 0.6) is 0 Å². The first-order valence-electron chi connectivity index (χ1n) is 12.6. The molecule has 1 aliphatic heterocycles. The second kappa shape index (κ2) is 9.42. The highest BCUT2D eigenvalue weighted by Crippen LogP contribution is 2.39. The molecule has 0 unspecified atom stereocenters. The zero-order chi connectivity index (χ0) is 24.8. The molecule has 5 heterocycles. The Labute approximate surface area is 213 Å². The zero-order valence-corrected chi connectivity index (χ0v) is 21.4. The van der Waals surface area contributed by atoms with Gasteiger partial charge in [-0.25, -0.2) is 19.5 Å². The Bertz CT molecular complexity index is 1370. The first kappa shape index (κ1) is 23.3. The molecule has 0 radical (unpaired) electrons. The number of aliphatic hydroxyl groups is 2. The van der Waals surface area contributed by atoms with Crippen molar-refractivity contribution >= 4 is 28.6 Å². The van der Waals surface area contributed by atoms with Crippen LogP contribution in [0, 0.1) is 6.92 Å². The number of rotatable bonds is 6. The second-order valence-corrected chi connectivity index (χ2v) is 11.2. The highest BCUT2D eigenvalue weighted by molar-refractivity contribution is 7.11. The highest BCUT2D eigenvalue weighted by Gasteiger charge is 2.27. The van der Waals surface area contributed by atoms with Gasteiger partial charge in [0.2, 0.25) is 5.95 Å². The number of pyridine rings is 1. The molecular weight excluding hydrogens is 474 g/mol. The summed E-state index contributed by atoms with van der Waals surface area (Å²) in [5, 5.41) is 28.6. The molecule has 4 aromatic heterocycles. The van der Waals surface area contributed by atoms with Crippen LogP contribution in [0.3, 0.4) is 0 Å². The molecule has 6 rings (SSSR count). The molecule has 0 aromatic carbocycles. The van der Waals surface area contributed by atoms with Crippen LogP contribution in [-0.4, -0.2) is 53.5 Å². The van der Waals surface area contributed by atoms with Gasteiger partial charge in [0.05, 0.1) is 48.2 Å². The van der Waals surface area contributed by atoms with Crippen LogP contribution in [0.2, 0.25) is 0 Å². The van der Waals surface area contributed by atoms with Crippen molar-refractivity contribution in [1.82, 2.24) is 24.6 Å². The quantitative estimate of drug-likeness (QED) is 0.362. The Hall–Kier alpha value is -3.08. The number of aromatic nitrogens is 5. The average Bonchev–Trinajstić information content (AvgIpc) is 3.55. The number of hydrogen-bond acceptors (Lipinski definition) is 9. The summed E-state index contributed by atoms with van der Waals surface area (Å²) < 4.78 is 2.00. The smallest absolute Gasteiger partial charge is 0.241 e. The maximum atomic E-state index is 10.1. The lowest BCUT2D eigenvalue weighted by Gasteiger charge is -2.25. The minimum atomic E-state index is -0.214. The van der Waals surface area contributed by atoms with Crippen molar-refractivity contribution in [3.63, 3.8) is 0 Å². The number of hydrogen-bond donors (Lipinski definition) is 3. The molecule has 4 aromatic rings. The van der Waals surface area contributed by atoms with Crippen LogP contribution in [-0.2, 0) is 13.1 Å². The van der Waals surface area contributed by atoms with Gasteiger partial charge in [0.15, 0.2) is 0 Å². The number of nitrogens with one attached hydrogen (secondary N) is 1. The van der Waals surface area contributed by atoms with Gasteiger partial charge in [0, 0.05) is 34.3 Å². The molecule has 0 spiro atoms. The summed E-state index contributed by atoms with van der Waals surface area (Å²) in [5.41, 5.74) is 5.38. The van der Waals surface area contributed by atoms with Crippen molar-refractivity contribution in [3.8, 4) is 11.1 Å². The predicted octanol–water partition coefficient (Wildman–Crippen LogP) is 3.89. The number of nitrogens with zero attached hydrogens (tertiary/aromatic N) is 6. The van der Waals surface area contributed by atoms with Gasteiger partial charge < -0.3 is 20.4 Å². The Morgan fingerprint density at radius 3 is 2.78 bits per heavy atom. The van der Waals surface area contributed by atoms with Crippen molar-refractivity contribution in [1.29, 1.82) is 0 Å². The molecule has 1 saturated carbocycles. The Kier molecular flexibility index (Phi) is 6.10. The first-order valence-corrected chi connectivity index (χ1v) is 13.4. The molecule has 0 bridgehead atoms. The van der Waals surface area contributed by atoms with E-state index in [0.717, 1.165) is 77.6 Å². The SMILES string of the molecule is Cc1nc2c(s1)CN(c1cc(-c3cc(C4CCC(O)CC4)n4nc(N[C@@H](C)CO)ncc34)ccn1)C2. The summed E-state index contributed by atoms with van der Waals surface area (Å²) in [6.07, 6.45) is 6.97. The topological polar surface area (TPSA) is 112 Å². The van der Waals surface area contributed by atoms with Crippen molar-refractivity contribution in [2.45, 2.75) is 70.7 Å². The van der Waals surface area contributed by atoms with Gasteiger partial charge in [-0.15, -0.1) is 16.4 Å². The Balaban J connectivity index is 1.38. The maximum Gasteiger partial charge on any atom is 0.241 e. The standard InChI is InChI=1S/C26H31N7O2S/c1-15(14-34)29-26-28-11-23-20(10-22(33(23)31-26)17-3-5-19(35)6-4-17)18-7-8-27-25(9-18)32-12-21-24(13-32)36-16(2)30-21/h7-11,15,17,19,34-35H,3-6,12-14H2,1-2H3,(H,29,31)/t15-,17?,19?/m0/s1. The summed E-state index contributed by atoms with van der Waals surface area (Å²) in [6.45, 7) is 5.57. The van der Waals surface area contributed by atoms with Gasteiger partial charge in [-0.3, -0.25) is 0 Å². The first-order chi connectivity index (χ1) is 17.5. The zero-order valence-electron chi connectivity index (χ0n) is 20.6. The van der Waals surface area contributed by atoms with Gasteiger partial charge >= 0.3 is 0 Å². The minimum Gasteiger partial charge on any atom is -0.394 e. The molecule has 10 heteroatoms. The van der Waals surface area contributed by atoms with Crippen LogP contribution in [0.15, 0.2) is 30.6 Å². The third-order valence-corrected chi connectivity index (χ3v) is 8.25. The fourth-order valence-electron chi connectivity index (χ4n) is 5.33. The van der Waals surface area contributed by atoms with Gasteiger partial charge in [-0.1, -0.05) is 0 Å². The molecule has 1 aliphatic carbocycles. The molecule has 9 nitrogen and oxygen atoms in total. The van der Waals surface area contributed by atoms with Crippen LogP contribution in [0.25, 0.3) is 16.6 Å².